The van der Waals surface area contributed by atoms with Crippen LogP contribution in [0.2, 0.25) is 0 Å². The number of thioether (sulfide) groups is 1. The second kappa shape index (κ2) is 4.05. The molecule has 2 fully saturated rings. The van der Waals surface area contributed by atoms with E-state index in [4.69, 9.17) is 0 Å². The Bertz CT molecular complexity index is 430. The zero-order valence-electron chi connectivity index (χ0n) is 9.69. The summed E-state index contributed by atoms with van der Waals surface area (Å²) in [6.45, 7) is 0. The van der Waals surface area contributed by atoms with Gasteiger partial charge in [0.2, 0.25) is 0 Å². The van der Waals surface area contributed by atoms with Crippen LogP contribution in [0, 0.1) is 0 Å². The van der Waals surface area contributed by atoms with E-state index in [1.165, 1.54) is 17.1 Å². The zero-order chi connectivity index (χ0) is 11.9. The van der Waals surface area contributed by atoms with Crippen molar-refractivity contribution in [1.82, 2.24) is 0 Å². The molecule has 0 amide bonds. The van der Waals surface area contributed by atoms with Crippen LogP contribution in [0.5, 0.6) is 0 Å². The number of aliphatic carboxylic acids is 1. The molecule has 1 saturated carbocycles. The summed E-state index contributed by atoms with van der Waals surface area (Å²) in [5, 5.41) is 9.37. The third-order valence-corrected chi connectivity index (χ3v) is 5.47. The van der Waals surface area contributed by atoms with Gasteiger partial charge in [-0.1, -0.05) is 30.7 Å². The molecule has 1 aromatic rings. The molecule has 2 nitrogen and oxygen atoms in total. The number of hydrogen-bond donors (Lipinski definition) is 1. The molecule has 0 unspecified atom stereocenters. The molecule has 1 aromatic carbocycles. The van der Waals surface area contributed by atoms with E-state index in [0.29, 0.717) is 5.92 Å². The van der Waals surface area contributed by atoms with Gasteiger partial charge in [-0.25, -0.2) is 0 Å². The highest BCUT2D eigenvalue weighted by molar-refractivity contribution is 8.00. The predicted octanol–water partition coefficient (Wildman–Crippen LogP) is 3.02. The van der Waals surface area contributed by atoms with E-state index in [-0.39, 0.29) is 0 Å². The smallest absolute Gasteiger partial charge is 0.314 e. The van der Waals surface area contributed by atoms with Gasteiger partial charge in [-0.05, 0) is 24.0 Å². The zero-order valence-corrected chi connectivity index (χ0v) is 10.5. The molecular weight excluding hydrogens is 232 g/mol. The molecule has 1 aliphatic heterocycles. The van der Waals surface area contributed by atoms with Gasteiger partial charge < -0.3 is 5.11 Å². The van der Waals surface area contributed by atoms with E-state index >= 15 is 0 Å². The maximum atomic E-state index is 11.4. The predicted molar refractivity (Wildman–Crippen MR) is 69.7 cm³/mol. The first-order chi connectivity index (χ1) is 8.22. The monoisotopic (exact) mass is 248 g/mol. The fourth-order valence-electron chi connectivity index (χ4n) is 2.66. The molecule has 3 rings (SSSR count). The summed E-state index contributed by atoms with van der Waals surface area (Å²) in [5.74, 6) is 2.46. The Morgan fingerprint density at radius 1 is 1.24 bits per heavy atom. The number of hydrogen-bond acceptors (Lipinski definition) is 2. The maximum Gasteiger partial charge on any atom is 0.314 e. The lowest BCUT2D eigenvalue weighted by molar-refractivity contribution is -0.147. The van der Waals surface area contributed by atoms with Crippen LogP contribution >= 0.6 is 11.8 Å². The highest BCUT2D eigenvalue weighted by atomic mass is 32.2. The first kappa shape index (κ1) is 11.1. The van der Waals surface area contributed by atoms with Crippen molar-refractivity contribution in [3.8, 4) is 0 Å². The van der Waals surface area contributed by atoms with Crippen LogP contribution < -0.4 is 0 Å². The largest absolute Gasteiger partial charge is 0.481 e. The Balaban J connectivity index is 1.86. The molecule has 1 heterocycles. The summed E-state index contributed by atoms with van der Waals surface area (Å²) in [4.78, 5) is 11.4. The third kappa shape index (κ3) is 1.68. The second-order valence-corrected chi connectivity index (χ2v) is 6.17. The molecule has 90 valence electrons. The average Bonchev–Trinajstić information content (AvgIpc) is 2.15. The SMILES string of the molecule is O=C(O)C1(c2ccc(C3CSC3)cc2)CCC1. The quantitative estimate of drug-likeness (QED) is 0.893. The fourth-order valence-corrected chi connectivity index (χ4v) is 3.52. The van der Waals surface area contributed by atoms with E-state index in [2.05, 4.69) is 12.1 Å². The fraction of sp³-hybridized carbons (Fsp3) is 0.500. The maximum absolute atomic E-state index is 11.4. The normalized spacial score (nSPS) is 22.6. The lowest BCUT2D eigenvalue weighted by atomic mass is 9.64. The summed E-state index contributed by atoms with van der Waals surface area (Å²) in [6, 6.07) is 8.32. The Morgan fingerprint density at radius 2 is 1.88 bits per heavy atom. The lowest BCUT2D eigenvalue weighted by Gasteiger charge is -2.38. The van der Waals surface area contributed by atoms with Gasteiger partial charge in [-0.15, -0.1) is 0 Å². The molecule has 2 aliphatic rings. The highest BCUT2D eigenvalue weighted by Gasteiger charge is 2.45. The van der Waals surface area contributed by atoms with Gasteiger partial charge in [0, 0.05) is 17.4 Å². The summed E-state index contributed by atoms with van der Waals surface area (Å²) < 4.78 is 0. The number of benzene rings is 1. The van der Waals surface area contributed by atoms with Crippen molar-refractivity contribution >= 4 is 17.7 Å². The molecule has 1 aliphatic carbocycles. The molecule has 0 aromatic heterocycles. The van der Waals surface area contributed by atoms with Gasteiger partial charge >= 0.3 is 5.97 Å². The van der Waals surface area contributed by atoms with Crippen molar-refractivity contribution < 1.29 is 9.90 Å². The van der Waals surface area contributed by atoms with Crippen molar-refractivity contribution in [3.63, 3.8) is 0 Å². The summed E-state index contributed by atoms with van der Waals surface area (Å²) in [6.07, 6.45) is 2.62. The van der Waals surface area contributed by atoms with E-state index in [0.717, 1.165) is 24.8 Å². The van der Waals surface area contributed by atoms with Crippen LogP contribution in [0.1, 0.15) is 36.3 Å². The lowest BCUT2D eigenvalue weighted by Crippen LogP contribution is -2.42. The minimum absolute atomic E-state index is 0.576. The molecule has 1 saturated heterocycles. The van der Waals surface area contributed by atoms with E-state index in [1.54, 1.807) is 0 Å². The Morgan fingerprint density at radius 3 is 2.24 bits per heavy atom. The number of carbonyl (C=O) groups is 1. The first-order valence-corrected chi connectivity index (χ1v) is 7.29. The summed E-state index contributed by atoms with van der Waals surface area (Å²) >= 11 is 1.98. The summed E-state index contributed by atoms with van der Waals surface area (Å²) in [7, 11) is 0. The topological polar surface area (TPSA) is 37.3 Å². The van der Waals surface area contributed by atoms with Crippen LogP contribution in [0.25, 0.3) is 0 Å². The van der Waals surface area contributed by atoms with Crippen LogP contribution in [0.4, 0.5) is 0 Å². The van der Waals surface area contributed by atoms with E-state index in [1.807, 2.05) is 23.9 Å². The standard InChI is InChI=1S/C14H16O2S/c15-13(16)14(6-1-7-14)12-4-2-10(3-5-12)11-8-17-9-11/h2-5,11H,1,6-9H2,(H,15,16). The van der Waals surface area contributed by atoms with Gasteiger partial charge in [0.25, 0.3) is 0 Å². The van der Waals surface area contributed by atoms with Crippen LogP contribution in [0.3, 0.4) is 0 Å². The van der Waals surface area contributed by atoms with Crippen LogP contribution in [0.15, 0.2) is 24.3 Å². The molecule has 0 bridgehead atoms. The Labute approximate surface area is 105 Å². The second-order valence-electron chi connectivity index (χ2n) is 5.10. The van der Waals surface area contributed by atoms with Crippen molar-refractivity contribution in [2.75, 3.05) is 11.5 Å². The van der Waals surface area contributed by atoms with Crippen molar-refractivity contribution in [2.45, 2.75) is 30.6 Å². The Kier molecular flexibility index (Phi) is 2.66. The average molecular weight is 248 g/mol. The van der Waals surface area contributed by atoms with Gasteiger partial charge in [0.1, 0.15) is 0 Å². The summed E-state index contributed by atoms with van der Waals surface area (Å²) in [5.41, 5.74) is 1.78. The first-order valence-electron chi connectivity index (χ1n) is 6.14. The minimum atomic E-state index is -0.657. The molecule has 17 heavy (non-hydrogen) atoms. The van der Waals surface area contributed by atoms with Crippen molar-refractivity contribution in [3.05, 3.63) is 35.4 Å². The van der Waals surface area contributed by atoms with Crippen LogP contribution in [-0.4, -0.2) is 22.6 Å². The highest BCUT2D eigenvalue weighted by Crippen LogP contribution is 2.44. The van der Waals surface area contributed by atoms with Crippen molar-refractivity contribution in [1.29, 1.82) is 0 Å². The molecule has 0 spiro atoms. The minimum Gasteiger partial charge on any atom is -0.481 e. The van der Waals surface area contributed by atoms with Crippen molar-refractivity contribution in [2.24, 2.45) is 0 Å². The Hall–Kier alpha value is -0.960. The van der Waals surface area contributed by atoms with E-state index in [9.17, 15) is 9.90 Å². The van der Waals surface area contributed by atoms with Crippen LogP contribution in [-0.2, 0) is 10.2 Å². The molecular formula is C14H16O2S. The van der Waals surface area contributed by atoms with Gasteiger partial charge in [0.15, 0.2) is 0 Å². The number of rotatable bonds is 3. The third-order valence-electron chi connectivity index (χ3n) is 4.19. The van der Waals surface area contributed by atoms with Gasteiger partial charge in [0.05, 0.1) is 5.41 Å². The molecule has 3 heteroatoms. The number of carboxylic acids is 1. The van der Waals surface area contributed by atoms with Gasteiger partial charge in [-0.3, -0.25) is 4.79 Å². The number of carboxylic acid groups (broad SMARTS) is 1. The molecule has 0 atom stereocenters. The molecule has 1 N–H and O–H groups in total. The van der Waals surface area contributed by atoms with E-state index < -0.39 is 11.4 Å². The molecule has 0 radical (unpaired) electrons. The van der Waals surface area contributed by atoms with Gasteiger partial charge in [-0.2, -0.15) is 11.8 Å².